The second-order valence-corrected chi connectivity index (χ2v) is 7.84. The van der Waals surface area contributed by atoms with Gasteiger partial charge >= 0.3 is 6.09 Å². The Morgan fingerprint density at radius 1 is 1.26 bits per heavy atom. The van der Waals surface area contributed by atoms with Crippen molar-refractivity contribution in [3.8, 4) is 5.75 Å². The number of hydrogen-bond donors (Lipinski definition) is 1. The number of amides is 2. The molecule has 1 heterocycles. The molecule has 7 heteroatoms. The summed E-state index contributed by atoms with van der Waals surface area (Å²) in [6.07, 6.45) is 2.07. The molecule has 0 spiro atoms. The minimum atomic E-state index is -0.451. The van der Waals surface area contributed by atoms with E-state index in [0.29, 0.717) is 26.1 Å². The first kappa shape index (κ1) is 21.4. The predicted molar refractivity (Wildman–Crippen MR) is 108 cm³/mol. The Morgan fingerprint density at radius 3 is 2.63 bits per heavy atom. The minimum Gasteiger partial charge on any atom is -0.497 e. The van der Waals surface area contributed by atoms with E-state index in [1.807, 2.05) is 38.1 Å². The number of carbonyl (C=O) groups is 2. The van der Waals surface area contributed by atoms with Gasteiger partial charge in [-0.25, -0.2) is 4.79 Å². The SMILES string of the molecule is CCCCOC(=O)N1CC(SCc2ccc(OC)cc2)CC1C(=O)NCC. The molecule has 2 atom stereocenters. The topological polar surface area (TPSA) is 67.9 Å². The van der Waals surface area contributed by atoms with Gasteiger partial charge in [0.05, 0.1) is 13.7 Å². The summed E-state index contributed by atoms with van der Waals surface area (Å²) in [4.78, 5) is 26.4. The van der Waals surface area contributed by atoms with Gasteiger partial charge in [0.2, 0.25) is 5.91 Å². The van der Waals surface area contributed by atoms with Crippen molar-refractivity contribution in [2.75, 3.05) is 26.8 Å². The van der Waals surface area contributed by atoms with Crippen LogP contribution in [0.3, 0.4) is 0 Å². The highest BCUT2D eigenvalue weighted by molar-refractivity contribution is 7.99. The Kier molecular flexibility index (Phi) is 8.78. The molecule has 0 saturated carbocycles. The number of thioether (sulfide) groups is 1. The van der Waals surface area contributed by atoms with Crippen molar-refractivity contribution >= 4 is 23.8 Å². The van der Waals surface area contributed by atoms with E-state index in [1.54, 1.807) is 23.8 Å². The zero-order valence-corrected chi connectivity index (χ0v) is 17.2. The quantitative estimate of drug-likeness (QED) is 0.650. The molecule has 1 aromatic rings. The molecule has 2 unspecified atom stereocenters. The van der Waals surface area contributed by atoms with E-state index in [0.717, 1.165) is 24.3 Å². The van der Waals surface area contributed by atoms with Gasteiger partial charge in [0.15, 0.2) is 0 Å². The van der Waals surface area contributed by atoms with Crippen molar-refractivity contribution in [3.05, 3.63) is 29.8 Å². The Bertz CT molecular complexity index is 609. The minimum absolute atomic E-state index is 0.0995. The smallest absolute Gasteiger partial charge is 0.410 e. The summed E-state index contributed by atoms with van der Waals surface area (Å²) in [5, 5.41) is 3.04. The number of methoxy groups -OCH3 is 1. The van der Waals surface area contributed by atoms with E-state index in [4.69, 9.17) is 9.47 Å². The molecule has 1 aliphatic heterocycles. The van der Waals surface area contributed by atoms with Gasteiger partial charge in [-0.2, -0.15) is 11.8 Å². The zero-order valence-electron chi connectivity index (χ0n) is 16.4. The van der Waals surface area contributed by atoms with E-state index < -0.39 is 6.04 Å². The number of ether oxygens (including phenoxy) is 2. The summed E-state index contributed by atoms with van der Waals surface area (Å²) in [5.74, 6) is 1.56. The lowest BCUT2D eigenvalue weighted by molar-refractivity contribution is -0.125. The van der Waals surface area contributed by atoms with Crippen LogP contribution >= 0.6 is 11.8 Å². The molecule has 1 fully saturated rings. The maximum atomic E-state index is 12.4. The molecule has 1 aromatic carbocycles. The van der Waals surface area contributed by atoms with Crippen LogP contribution in [0.1, 0.15) is 38.7 Å². The first-order chi connectivity index (χ1) is 13.1. The lowest BCUT2D eigenvalue weighted by Gasteiger charge is -2.22. The van der Waals surface area contributed by atoms with E-state index in [1.165, 1.54) is 5.56 Å². The van der Waals surface area contributed by atoms with Crippen LogP contribution in [0.2, 0.25) is 0 Å². The molecule has 1 aliphatic rings. The fourth-order valence-electron chi connectivity index (χ4n) is 2.98. The van der Waals surface area contributed by atoms with Gasteiger partial charge in [0, 0.05) is 24.1 Å². The summed E-state index contributed by atoms with van der Waals surface area (Å²) < 4.78 is 10.5. The van der Waals surface area contributed by atoms with Gasteiger partial charge in [0.25, 0.3) is 0 Å². The number of likely N-dealkylation sites (N-methyl/N-ethyl adjacent to an activating group) is 1. The van der Waals surface area contributed by atoms with Crippen molar-refractivity contribution in [1.82, 2.24) is 10.2 Å². The molecular weight excluding hydrogens is 364 g/mol. The van der Waals surface area contributed by atoms with Gasteiger partial charge < -0.3 is 14.8 Å². The van der Waals surface area contributed by atoms with Crippen LogP contribution in [-0.2, 0) is 15.3 Å². The molecule has 6 nitrogen and oxygen atoms in total. The highest BCUT2D eigenvalue weighted by Crippen LogP contribution is 2.31. The third kappa shape index (κ3) is 6.34. The number of unbranched alkanes of at least 4 members (excludes halogenated alkanes) is 1. The zero-order chi connectivity index (χ0) is 19.6. The third-order valence-electron chi connectivity index (χ3n) is 4.52. The average Bonchev–Trinajstić information content (AvgIpc) is 3.11. The summed E-state index contributed by atoms with van der Waals surface area (Å²) in [6.45, 7) is 5.42. The van der Waals surface area contributed by atoms with Crippen molar-refractivity contribution < 1.29 is 19.1 Å². The molecule has 150 valence electrons. The Balaban J connectivity index is 1.94. The second kappa shape index (κ2) is 11.1. The predicted octanol–water partition coefficient (Wildman–Crippen LogP) is 3.44. The fourth-order valence-corrected chi connectivity index (χ4v) is 4.19. The number of nitrogens with zero attached hydrogens (tertiary/aromatic N) is 1. The molecule has 2 rings (SSSR count). The van der Waals surface area contributed by atoms with Crippen LogP contribution in [0.25, 0.3) is 0 Å². The normalized spacial score (nSPS) is 19.0. The number of likely N-dealkylation sites (tertiary alicyclic amines) is 1. The van der Waals surface area contributed by atoms with E-state index >= 15 is 0 Å². The number of nitrogens with one attached hydrogen (secondary N) is 1. The molecule has 1 N–H and O–H groups in total. The van der Waals surface area contributed by atoms with Crippen LogP contribution in [0.4, 0.5) is 4.79 Å². The van der Waals surface area contributed by atoms with Crippen LogP contribution in [-0.4, -0.2) is 55.0 Å². The molecular formula is C20H30N2O4S. The molecule has 0 aliphatic carbocycles. The maximum absolute atomic E-state index is 12.4. The lowest BCUT2D eigenvalue weighted by atomic mass is 10.2. The molecule has 27 heavy (non-hydrogen) atoms. The maximum Gasteiger partial charge on any atom is 0.410 e. The van der Waals surface area contributed by atoms with Gasteiger partial charge in [0.1, 0.15) is 11.8 Å². The van der Waals surface area contributed by atoms with Crippen molar-refractivity contribution in [1.29, 1.82) is 0 Å². The Morgan fingerprint density at radius 2 is 2.00 bits per heavy atom. The summed E-state index contributed by atoms with van der Waals surface area (Å²) >= 11 is 1.77. The standard InChI is InChI=1S/C20H30N2O4S/c1-4-6-11-26-20(24)22-13-17(12-18(22)19(23)21-5-2)27-14-15-7-9-16(25-3)10-8-15/h7-10,17-18H,4-6,11-14H2,1-3H3,(H,21,23). The van der Waals surface area contributed by atoms with Crippen molar-refractivity contribution in [2.45, 2.75) is 50.2 Å². The summed E-state index contributed by atoms with van der Waals surface area (Å²) in [5.41, 5.74) is 1.19. The van der Waals surface area contributed by atoms with Gasteiger partial charge in [-0.15, -0.1) is 0 Å². The van der Waals surface area contributed by atoms with Gasteiger partial charge in [-0.3, -0.25) is 9.69 Å². The number of benzene rings is 1. The average molecular weight is 395 g/mol. The van der Waals surface area contributed by atoms with Crippen LogP contribution in [0.15, 0.2) is 24.3 Å². The van der Waals surface area contributed by atoms with Crippen molar-refractivity contribution in [3.63, 3.8) is 0 Å². The van der Waals surface area contributed by atoms with Gasteiger partial charge in [-0.05, 0) is 37.5 Å². The number of carbonyl (C=O) groups excluding carboxylic acids is 2. The third-order valence-corrected chi connectivity index (χ3v) is 5.83. The lowest BCUT2D eigenvalue weighted by Crippen LogP contribution is -2.46. The Labute approximate surface area is 166 Å². The van der Waals surface area contributed by atoms with E-state index in [2.05, 4.69) is 5.32 Å². The molecule has 1 saturated heterocycles. The van der Waals surface area contributed by atoms with E-state index in [-0.39, 0.29) is 17.3 Å². The molecule has 0 aromatic heterocycles. The summed E-state index contributed by atoms with van der Waals surface area (Å²) in [7, 11) is 1.65. The largest absolute Gasteiger partial charge is 0.497 e. The Hall–Kier alpha value is -1.89. The van der Waals surface area contributed by atoms with E-state index in [9.17, 15) is 9.59 Å². The fraction of sp³-hybridized carbons (Fsp3) is 0.600. The summed E-state index contributed by atoms with van der Waals surface area (Å²) in [6, 6.07) is 7.52. The van der Waals surface area contributed by atoms with Crippen LogP contribution in [0.5, 0.6) is 5.75 Å². The highest BCUT2D eigenvalue weighted by atomic mass is 32.2. The molecule has 2 amide bonds. The first-order valence-electron chi connectivity index (χ1n) is 9.54. The second-order valence-electron chi connectivity index (χ2n) is 6.55. The number of hydrogen-bond acceptors (Lipinski definition) is 5. The highest BCUT2D eigenvalue weighted by Gasteiger charge is 2.40. The van der Waals surface area contributed by atoms with Crippen LogP contribution in [0, 0.1) is 0 Å². The van der Waals surface area contributed by atoms with Crippen molar-refractivity contribution in [2.24, 2.45) is 0 Å². The van der Waals surface area contributed by atoms with Gasteiger partial charge in [-0.1, -0.05) is 25.5 Å². The monoisotopic (exact) mass is 394 g/mol. The van der Waals surface area contributed by atoms with Crippen LogP contribution < -0.4 is 10.1 Å². The number of rotatable bonds is 9. The molecule has 0 radical (unpaired) electrons. The first-order valence-corrected chi connectivity index (χ1v) is 10.6. The molecule has 0 bridgehead atoms.